The predicted molar refractivity (Wildman–Crippen MR) is 422 cm³/mol. The van der Waals surface area contributed by atoms with Gasteiger partial charge in [-0.2, -0.15) is 0 Å². The van der Waals surface area contributed by atoms with Gasteiger partial charge >= 0.3 is 0 Å². The summed E-state index contributed by atoms with van der Waals surface area (Å²) in [6.45, 7) is 34.6. The molecule has 0 bridgehead atoms. The Hall–Kier alpha value is -3.42. The van der Waals surface area contributed by atoms with E-state index >= 15 is 0 Å². The number of nitrogens with zero attached hydrogens (tertiary/aromatic N) is 6. The number of hydrogen-bond donors (Lipinski definition) is 0. The molecular formula is C84H164N6O12. The average molecular weight is 1450 g/mol. The second-order valence-electron chi connectivity index (χ2n) is 30.3. The molecule has 0 aliphatic heterocycles. The van der Waals surface area contributed by atoms with E-state index < -0.39 is 5.41 Å². The maximum Gasteiger partial charge on any atom is 0.248 e. The second kappa shape index (κ2) is 69.3. The summed E-state index contributed by atoms with van der Waals surface area (Å²) in [4.78, 5) is 93.1. The van der Waals surface area contributed by atoms with Crippen LogP contribution in [-0.4, -0.2) is 221 Å². The average Bonchev–Trinajstić information content (AvgIpc) is 0.883. The van der Waals surface area contributed by atoms with Crippen molar-refractivity contribution in [3.05, 3.63) is 0 Å². The van der Waals surface area contributed by atoms with Gasteiger partial charge in [-0.25, -0.2) is 0 Å². The third kappa shape index (κ3) is 53.4. The summed E-state index contributed by atoms with van der Waals surface area (Å²) in [7, 11) is 0. The molecule has 6 amide bonds. The van der Waals surface area contributed by atoms with E-state index in [4.69, 9.17) is 28.4 Å². The SMILES string of the molecule is CCCCCCCCN(CCCCCCCC)C(=O)COCC(=O)N(CCCOCC(CC)(COCCCN(C(=O)COCC(=O)N(CCCCCCCC)CCCCCCCC)C(C)C)COCCCN(C(=O)COCC(=O)N(CCCCCCCC)CCCCCCCC)C(C)C)C(C)C. The molecule has 0 aromatic heterocycles. The largest absolute Gasteiger partial charge is 0.381 e. The van der Waals surface area contributed by atoms with Crippen molar-refractivity contribution in [2.45, 2.75) is 365 Å². The van der Waals surface area contributed by atoms with Crippen molar-refractivity contribution in [2.24, 2.45) is 5.41 Å². The number of carbonyl (C=O) groups excluding carboxylic acids is 6. The van der Waals surface area contributed by atoms with E-state index in [1.807, 2.05) is 56.2 Å². The zero-order valence-electron chi connectivity index (χ0n) is 68.9. The smallest absolute Gasteiger partial charge is 0.248 e. The first kappa shape index (κ1) is 98.6. The van der Waals surface area contributed by atoms with Crippen LogP contribution in [0.2, 0.25) is 0 Å². The van der Waals surface area contributed by atoms with Gasteiger partial charge in [0.15, 0.2) is 0 Å². The van der Waals surface area contributed by atoms with Gasteiger partial charge in [0.05, 0.1) is 19.8 Å². The van der Waals surface area contributed by atoms with Crippen molar-refractivity contribution in [2.75, 3.05) is 138 Å². The fourth-order valence-corrected chi connectivity index (χ4v) is 13.1. The van der Waals surface area contributed by atoms with Gasteiger partial charge in [-0.1, -0.05) is 241 Å². The molecule has 0 saturated heterocycles. The van der Waals surface area contributed by atoms with Gasteiger partial charge in [0.1, 0.15) is 39.6 Å². The van der Waals surface area contributed by atoms with Crippen molar-refractivity contribution >= 4 is 35.4 Å². The summed E-state index contributed by atoms with van der Waals surface area (Å²) in [5.74, 6) is -0.589. The van der Waals surface area contributed by atoms with Crippen LogP contribution in [0, 0.1) is 5.41 Å². The lowest BCUT2D eigenvalue weighted by Gasteiger charge is -2.33. The molecule has 0 spiro atoms. The molecule has 0 aromatic rings. The van der Waals surface area contributed by atoms with E-state index in [0.717, 1.165) is 116 Å². The normalized spacial score (nSPS) is 11.8. The zero-order chi connectivity index (χ0) is 75.5. The fourth-order valence-electron chi connectivity index (χ4n) is 13.1. The van der Waals surface area contributed by atoms with Gasteiger partial charge in [-0.3, -0.25) is 28.8 Å². The molecule has 0 aliphatic rings. The lowest BCUT2D eigenvalue weighted by Crippen LogP contribution is -2.42. The summed E-state index contributed by atoms with van der Waals surface area (Å²) >= 11 is 0. The van der Waals surface area contributed by atoms with Crippen LogP contribution >= 0.6 is 0 Å². The molecule has 602 valence electrons. The van der Waals surface area contributed by atoms with Crippen LogP contribution in [0.25, 0.3) is 0 Å². The van der Waals surface area contributed by atoms with Crippen LogP contribution in [-0.2, 0) is 57.2 Å². The maximum atomic E-state index is 13.7. The molecule has 102 heavy (non-hydrogen) atoms. The van der Waals surface area contributed by atoms with Crippen molar-refractivity contribution in [3.63, 3.8) is 0 Å². The molecule has 0 unspecified atom stereocenters. The van der Waals surface area contributed by atoms with Crippen molar-refractivity contribution in [3.8, 4) is 0 Å². The first-order valence-electron chi connectivity index (χ1n) is 42.6. The highest BCUT2D eigenvalue weighted by atomic mass is 16.5. The number of hydrogen-bond acceptors (Lipinski definition) is 12. The third-order valence-corrected chi connectivity index (χ3v) is 20.0. The summed E-state index contributed by atoms with van der Waals surface area (Å²) < 4.78 is 37.1. The van der Waals surface area contributed by atoms with Crippen LogP contribution in [0.15, 0.2) is 0 Å². The lowest BCUT2D eigenvalue weighted by atomic mass is 9.88. The van der Waals surface area contributed by atoms with E-state index in [9.17, 15) is 28.8 Å². The first-order chi connectivity index (χ1) is 49.4. The number of carbonyl (C=O) groups is 6. The van der Waals surface area contributed by atoms with Crippen LogP contribution in [0.1, 0.15) is 347 Å². The van der Waals surface area contributed by atoms with Crippen molar-refractivity contribution < 1.29 is 57.2 Å². The van der Waals surface area contributed by atoms with Gasteiger partial charge in [0.2, 0.25) is 35.4 Å². The number of ether oxygens (including phenoxy) is 6. The molecule has 0 heterocycles. The Kier molecular flexibility index (Phi) is 67.0. The van der Waals surface area contributed by atoms with E-state index in [1.54, 1.807) is 14.7 Å². The Balaban J connectivity index is 6.04. The number of rotatable bonds is 76. The molecule has 18 heteroatoms. The minimum absolute atomic E-state index is 0.0442. The third-order valence-electron chi connectivity index (χ3n) is 20.0. The van der Waals surface area contributed by atoms with Crippen molar-refractivity contribution in [1.82, 2.24) is 29.4 Å². The topological polar surface area (TPSA) is 177 Å². The Morgan fingerprint density at radius 1 is 0.235 bits per heavy atom. The maximum absolute atomic E-state index is 13.7. The van der Waals surface area contributed by atoms with E-state index in [2.05, 4.69) is 48.5 Å². The lowest BCUT2D eigenvalue weighted by molar-refractivity contribution is -0.144. The second-order valence-corrected chi connectivity index (χ2v) is 30.3. The molecule has 0 fully saturated rings. The minimum atomic E-state index is -0.524. The molecule has 0 aliphatic carbocycles. The van der Waals surface area contributed by atoms with Gasteiger partial charge in [0.25, 0.3) is 0 Å². The number of amides is 6. The molecular weight excluding hydrogens is 1280 g/mol. The highest BCUT2D eigenvalue weighted by Gasteiger charge is 2.31. The Morgan fingerprint density at radius 2 is 0.422 bits per heavy atom. The van der Waals surface area contributed by atoms with E-state index in [1.165, 1.54) is 154 Å². The summed E-state index contributed by atoms with van der Waals surface area (Å²) in [6, 6.07) is -0.229. The van der Waals surface area contributed by atoms with Gasteiger partial charge in [-0.05, 0) is 106 Å². The first-order valence-corrected chi connectivity index (χ1v) is 42.6. The number of unbranched alkanes of at least 4 members (excludes halogenated alkanes) is 30. The van der Waals surface area contributed by atoms with E-state index in [-0.39, 0.29) is 93.2 Å². The fraction of sp³-hybridized carbons (Fsp3) is 0.929. The molecule has 0 saturated carbocycles. The van der Waals surface area contributed by atoms with Gasteiger partial charge in [-0.15, -0.1) is 0 Å². The highest BCUT2D eigenvalue weighted by Crippen LogP contribution is 2.25. The van der Waals surface area contributed by atoms with Crippen LogP contribution in [0.4, 0.5) is 0 Å². The van der Waals surface area contributed by atoms with Crippen molar-refractivity contribution in [1.29, 1.82) is 0 Å². The van der Waals surface area contributed by atoms with E-state index in [0.29, 0.717) is 85.0 Å². The Morgan fingerprint density at radius 3 is 0.608 bits per heavy atom. The molecule has 0 rings (SSSR count). The molecule has 0 N–H and O–H groups in total. The minimum Gasteiger partial charge on any atom is -0.381 e. The highest BCUT2D eigenvalue weighted by molar-refractivity contribution is 5.81. The summed E-state index contributed by atoms with van der Waals surface area (Å²) in [5.41, 5.74) is -0.524. The van der Waals surface area contributed by atoms with Crippen LogP contribution < -0.4 is 0 Å². The van der Waals surface area contributed by atoms with Crippen LogP contribution in [0.3, 0.4) is 0 Å². The molecule has 0 atom stereocenters. The molecule has 0 aromatic carbocycles. The molecule has 0 radical (unpaired) electrons. The Bertz CT molecular complexity index is 1720. The Labute approximate surface area is 627 Å². The zero-order valence-corrected chi connectivity index (χ0v) is 68.9. The van der Waals surface area contributed by atoms with Crippen LogP contribution in [0.5, 0.6) is 0 Å². The monoisotopic (exact) mass is 1450 g/mol. The summed E-state index contributed by atoms with van der Waals surface area (Å²) in [5, 5.41) is 0. The predicted octanol–water partition coefficient (Wildman–Crippen LogP) is 18.0. The standard InChI is InChI=1S/C84H164N6O12/c1-14-21-27-33-39-45-54-85(55-46-40-34-28-22-15-2)78(91)66-100-69-81(94)88(75(8)9)60-51-63-97-72-84(20-7,73-98-64-52-61-89(76(10)11)82(95)70-101-67-79(92)86(56-47-41-35-29-23-16-3)57-48-42-36-30-24-17-4)74-99-65-53-62-90(77(12)13)83(96)71-102-68-80(93)87(58-49-43-37-31-25-18-5)59-50-44-38-32-26-19-6/h75-77H,14-74H2,1-13H3. The van der Waals surface area contributed by atoms with Gasteiger partial charge < -0.3 is 57.8 Å². The molecule has 18 nitrogen and oxygen atoms in total. The van der Waals surface area contributed by atoms with Gasteiger partial charge in [0, 0.05) is 102 Å². The summed E-state index contributed by atoms with van der Waals surface area (Å²) in [6.07, 6.45) is 44.3. The quantitative estimate of drug-likeness (QED) is 0.0527.